The standard InChI is InChI=1S/2C21H25BrF2N6O3.C21H25ClF2N6O3/c3*1-11-5-17-13(10-29(11)21(32)25-18-6-14(22)15(23)7-16(18)24)19-20(31)28(4)33-12(8-27(2)3)9-30(19)26-17/h3*6-7,11-12H,5,8-10H2,1-4H3,(H,25,32)/t11-,12+;11-,12-;11-,12+/m111/s1. The summed E-state index contributed by atoms with van der Waals surface area (Å²) in [6.45, 7) is 8.88. The van der Waals surface area contributed by atoms with Crippen molar-refractivity contribution >= 4 is 96.3 Å². The molecule has 99 heavy (non-hydrogen) atoms. The number of hydrogen-bond acceptors (Lipinski definition) is 15. The number of hydrogen-bond donors (Lipinski definition) is 3. The molecule has 0 saturated carbocycles. The molecule has 9 heterocycles. The number of likely N-dealkylation sites (N-methyl/N-ethyl adjacent to an activating group) is 3. The molecule has 3 aromatic heterocycles. The lowest BCUT2D eigenvalue weighted by Gasteiger charge is -2.33. The Kier molecular flexibility index (Phi) is 22.5. The summed E-state index contributed by atoms with van der Waals surface area (Å²) in [5.41, 5.74) is 4.80. The van der Waals surface area contributed by atoms with Gasteiger partial charge < -0.3 is 45.3 Å². The van der Waals surface area contributed by atoms with E-state index >= 15 is 0 Å². The third-order valence-corrected chi connectivity index (χ3v) is 18.7. The van der Waals surface area contributed by atoms with Gasteiger partial charge in [0.25, 0.3) is 17.7 Å². The van der Waals surface area contributed by atoms with E-state index in [1.807, 2.05) is 77.8 Å². The number of nitrogens with zero attached hydrogens (tertiary/aromatic N) is 15. The highest BCUT2D eigenvalue weighted by atomic mass is 79.9. The van der Waals surface area contributed by atoms with Gasteiger partial charge in [0.05, 0.1) is 87.4 Å². The molecular weight excluding hydrogens is 1460 g/mol. The third-order valence-electron chi connectivity index (χ3n) is 17.2. The molecular formula is C63H75Br2ClF6N18O9. The van der Waals surface area contributed by atoms with Gasteiger partial charge in [0, 0.05) is 113 Å². The average Bonchev–Trinajstić information content (AvgIpc) is 1.63. The second-order valence-corrected chi connectivity index (χ2v) is 27.9. The molecule has 6 aliphatic rings. The van der Waals surface area contributed by atoms with Gasteiger partial charge in [-0.1, -0.05) is 11.6 Å². The van der Waals surface area contributed by atoms with E-state index in [1.54, 1.807) is 35.2 Å². The normalized spacial score (nSPS) is 20.5. The van der Waals surface area contributed by atoms with Crippen molar-refractivity contribution in [1.82, 2.24) is 73.9 Å². The molecule has 0 radical (unpaired) electrons. The van der Waals surface area contributed by atoms with Crippen LogP contribution in [-0.2, 0) is 73.0 Å². The molecule has 0 unspecified atom stereocenters. The molecule has 534 valence electrons. The number of benzene rings is 3. The Balaban J connectivity index is 0.000000161. The van der Waals surface area contributed by atoms with Crippen molar-refractivity contribution in [2.75, 3.05) is 99.0 Å². The highest BCUT2D eigenvalue weighted by Crippen LogP contribution is 2.35. The van der Waals surface area contributed by atoms with Crippen molar-refractivity contribution in [3.8, 4) is 0 Å². The van der Waals surface area contributed by atoms with Crippen molar-refractivity contribution in [3.05, 3.63) is 136 Å². The zero-order valence-electron chi connectivity index (χ0n) is 56.2. The first-order valence-electron chi connectivity index (χ1n) is 31.4. The Morgan fingerprint density at radius 2 is 0.747 bits per heavy atom. The molecule has 9 amide bonds. The number of urea groups is 3. The van der Waals surface area contributed by atoms with Crippen LogP contribution in [-0.4, -0.2) is 229 Å². The summed E-state index contributed by atoms with van der Waals surface area (Å²) in [4.78, 5) is 106. The zero-order valence-corrected chi connectivity index (χ0v) is 60.1. The molecule has 36 heteroatoms. The summed E-state index contributed by atoms with van der Waals surface area (Å²) in [5, 5.41) is 24.8. The van der Waals surface area contributed by atoms with Crippen LogP contribution in [0.4, 0.5) is 57.8 Å². The van der Waals surface area contributed by atoms with E-state index in [0.29, 0.717) is 111 Å². The van der Waals surface area contributed by atoms with Crippen molar-refractivity contribution in [1.29, 1.82) is 0 Å². The van der Waals surface area contributed by atoms with Crippen molar-refractivity contribution in [2.45, 2.75) is 116 Å². The number of nitrogens with one attached hydrogen (secondary N) is 3. The van der Waals surface area contributed by atoms with Crippen molar-refractivity contribution in [3.63, 3.8) is 0 Å². The smallest absolute Gasteiger partial charge is 0.317 e. The van der Waals surface area contributed by atoms with Crippen molar-refractivity contribution < 1.29 is 69.6 Å². The fraction of sp³-hybridized carbons (Fsp3) is 0.476. The predicted octanol–water partition coefficient (Wildman–Crippen LogP) is 8.44. The fourth-order valence-electron chi connectivity index (χ4n) is 12.6. The first-order valence-corrected chi connectivity index (χ1v) is 33.3. The maximum absolute atomic E-state index is 14.2. The lowest BCUT2D eigenvalue weighted by atomic mass is 9.99. The van der Waals surface area contributed by atoms with Gasteiger partial charge in [0.1, 0.15) is 70.3 Å². The number of halogens is 9. The van der Waals surface area contributed by atoms with Gasteiger partial charge >= 0.3 is 18.1 Å². The molecule has 6 aliphatic heterocycles. The highest BCUT2D eigenvalue weighted by molar-refractivity contribution is 9.10. The van der Waals surface area contributed by atoms with Gasteiger partial charge in [-0.2, -0.15) is 15.3 Å². The van der Waals surface area contributed by atoms with E-state index in [-0.39, 0.29) is 105 Å². The van der Waals surface area contributed by atoms with Crippen LogP contribution in [0.25, 0.3) is 0 Å². The number of carbonyl (C=O) groups is 6. The Morgan fingerprint density at radius 1 is 0.475 bits per heavy atom. The highest BCUT2D eigenvalue weighted by Gasteiger charge is 2.42. The second kappa shape index (κ2) is 30.1. The lowest BCUT2D eigenvalue weighted by molar-refractivity contribution is -0.152. The molecule has 0 spiro atoms. The van der Waals surface area contributed by atoms with Crippen LogP contribution >= 0.6 is 43.5 Å². The number of aromatic nitrogens is 6. The Hall–Kier alpha value is -7.90. The molecule has 6 atom stereocenters. The van der Waals surface area contributed by atoms with Crippen LogP contribution < -0.4 is 16.0 Å². The van der Waals surface area contributed by atoms with E-state index < -0.39 is 53.0 Å². The van der Waals surface area contributed by atoms with E-state index in [4.69, 9.17) is 26.1 Å². The van der Waals surface area contributed by atoms with Gasteiger partial charge in [-0.3, -0.25) is 42.9 Å². The topological polar surface area (TPSA) is 249 Å². The molecule has 0 bridgehead atoms. The summed E-state index contributed by atoms with van der Waals surface area (Å²) in [7, 11) is 16.2. The number of anilines is 3. The molecule has 6 aromatic rings. The first-order chi connectivity index (χ1) is 46.6. The summed E-state index contributed by atoms with van der Waals surface area (Å²) < 4.78 is 88.0. The van der Waals surface area contributed by atoms with Crippen LogP contribution in [0.15, 0.2) is 45.3 Å². The lowest BCUT2D eigenvalue weighted by Crippen LogP contribution is -2.45. The minimum atomic E-state index is -0.934. The molecule has 0 fully saturated rings. The van der Waals surface area contributed by atoms with Gasteiger partial charge in [-0.25, -0.2) is 55.9 Å². The number of fused-ring (bicyclic) bond motifs is 9. The maximum Gasteiger partial charge on any atom is 0.322 e. The zero-order chi connectivity index (χ0) is 72.1. The van der Waals surface area contributed by atoms with Crippen LogP contribution in [0.1, 0.15) is 86.0 Å². The van der Waals surface area contributed by atoms with Gasteiger partial charge in [-0.05, 0) is 113 Å². The van der Waals surface area contributed by atoms with E-state index in [9.17, 15) is 55.1 Å². The first kappa shape index (κ1) is 73.8. The van der Waals surface area contributed by atoms with Crippen LogP contribution in [0.5, 0.6) is 0 Å². The molecule has 27 nitrogen and oxygen atoms in total. The Bertz CT molecular complexity index is 3740. The maximum atomic E-state index is 14.2. The van der Waals surface area contributed by atoms with E-state index in [1.165, 1.54) is 42.0 Å². The Morgan fingerprint density at radius 3 is 1.03 bits per heavy atom. The number of rotatable bonds is 9. The second-order valence-electron chi connectivity index (χ2n) is 25.8. The minimum absolute atomic E-state index is 0.0380. The molecule has 0 saturated heterocycles. The SMILES string of the molecule is C[C@@H]1Cc2nn3c(c2CN1C(=O)Nc1cc(Br)c(F)cc1F)C(=O)N(C)O[C@@H](CN(C)C)C3.C[C@@H]1Cc2nn3c(c2CN1C(=O)Nc1cc(Br)c(F)cc1F)C(=O)N(C)O[C@H](CN(C)C)C3.C[C@@H]1Cc2nn3c(c2CN1C(=O)Nc1cc(Cl)c(F)cc1F)C(=O)N(C)O[C@@H](CN(C)C)C3. The molecule has 12 rings (SSSR count). The Labute approximate surface area is 587 Å². The average molecular weight is 1540 g/mol. The van der Waals surface area contributed by atoms with Gasteiger partial charge in [-0.15, -0.1) is 0 Å². The predicted molar refractivity (Wildman–Crippen MR) is 356 cm³/mol. The number of carbonyl (C=O) groups excluding carboxylic acids is 6. The van der Waals surface area contributed by atoms with Crippen molar-refractivity contribution in [2.24, 2.45) is 0 Å². The third kappa shape index (κ3) is 16.1. The minimum Gasteiger partial charge on any atom is -0.317 e. The quantitative estimate of drug-likeness (QED) is 0.0908. The number of amides is 9. The largest absolute Gasteiger partial charge is 0.322 e. The molecule has 3 N–H and O–H groups in total. The fourth-order valence-corrected chi connectivity index (χ4v) is 13.4. The summed E-state index contributed by atoms with van der Waals surface area (Å²) in [5.74, 6) is -6.16. The monoisotopic (exact) mass is 1530 g/mol. The molecule has 0 aliphatic carbocycles. The van der Waals surface area contributed by atoms with Crippen LogP contribution in [0, 0.1) is 34.9 Å². The summed E-state index contributed by atoms with van der Waals surface area (Å²) in [6, 6.07) is 2.94. The summed E-state index contributed by atoms with van der Waals surface area (Å²) >= 11 is 11.7. The van der Waals surface area contributed by atoms with E-state index in [2.05, 4.69) is 63.1 Å². The van der Waals surface area contributed by atoms with Crippen LogP contribution in [0.3, 0.4) is 0 Å². The summed E-state index contributed by atoms with van der Waals surface area (Å²) in [6.07, 6.45) is 0.482. The van der Waals surface area contributed by atoms with Crippen LogP contribution in [0.2, 0.25) is 5.02 Å². The molecule has 3 aromatic carbocycles. The number of hydroxylamine groups is 6. The van der Waals surface area contributed by atoms with E-state index in [0.717, 1.165) is 23.1 Å². The van der Waals surface area contributed by atoms with Gasteiger partial charge in [0.15, 0.2) is 0 Å². The van der Waals surface area contributed by atoms with Gasteiger partial charge in [0.2, 0.25) is 0 Å².